The standard InChI is InChI=1S/C2H4O2.CH3N5/c1-2(3)4;2-1-3-5-6-4-1/h1H3,(H,3,4);(H3,2,3,4,5,6)/i;1+1,2+1,3+1,4+1,5+1,6+1. The van der Waals surface area contributed by atoms with Crippen LogP contribution >= 0.6 is 0 Å². The lowest BCUT2D eigenvalue weighted by Crippen LogP contribution is -1.84. The Bertz CT molecular complexity index is 179. The van der Waals surface area contributed by atoms with Crippen molar-refractivity contribution in [3.05, 3.63) is 0 Å². The van der Waals surface area contributed by atoms with E-state index in [1.54, 1.807) is 0 Å². The van der Waals surface area contributed by atoms with Crippen molar-refractivity contribution in [3.8, 4) is 0 Å². The van der Waals surface area contributed by atoms with Crippen LogP contribution in [0.1, 0.15) is 6.92 Å². The molecule has 0 radical (unpaired) electrons. The van der Waals surface area contributed by atoms with E-state index in [2.05, 4.69) is 20.6 Å². The second kappa shape index (κ2) is 4.24. The van der Waals surface area contributed by atoms with Crippen LogP contribution in [0.4, 0.5) is 5.95 Å². The molecule has 1 aromatic heterocycles. The van der Waals surface area contributed by atoms with Gasteiger partial charge >= 0.3 is 0 Å². The maximum absolute atomic E-state index is 9.00. The molecule has 7 nitrogen and oxygen atoms in total. The van der Waals surface area contributed by atoms with Gasteiger partial charge in [0.1, 0.15) is 0 Å². The lowest BCUT2D eigenvalue weighted by Gasteiger charge is -1.62. The van der Waals surface area contributed by atoms with E-state index in [4.69, 9.17) is 15.6 Å². The first kappa shape index (κ1) is 8.34. The van der Waals surface area contributed by atoms with Crippen molar-refractivity contribution in [2.45, 2.75) is 6.92 Å². The summed E-state index contributed by atoms with van der Waals surface area (Å²) >= 11 is 0. The number of nitrogens with one attached hydrogen (secondary N) is 1. The molecule has 0 spiro atoms. The van der Waals surface area contributed by atoms with Crippen LogP contribution < -0.4 is 5.73 Å². The third-order valence-corrected chi connectivity index (χ3v) is 0.362. The Morgan fingerprint density at radius 2 is 2.30 bits per heavy atom. The molecule has 0 aliphatic heterocycles. The molecule has 0 atom stereocenters. The molecule has 0 saturated carbocycles. The van der Waals surface area contributed by atoms with Crippen molar-refractivity contribution < 1.29 is 9.90 Å². The van der Waals surface area contributed by atoms with Gasteiger partial charge in [-0.15, -0.1) is 5.10 Å². The van der Waals surface area contributed by atoms with Crippen molar-refractivity contribution in [1.29, 1.82) is 0 Å². The highest BCUT2D eigenvalue weighted by atomic mass is 16.5. The number of aromatic amines is 1. The number of nitrogen functional groups attached to an aromatic ring is 1. The molecular formula is C3H7N5O2. The Morgan fingerprint density at radius 1 is 1.80 bits per heavy atom. The highest BCUT2D eigenvalue weighted by molar-refractivity contribution is 5.62. The summed E-state index contributed by atoms with van der Waals surface area (Å²) in [5, 5.41) is 19.4. The minimum absolute atomic E-state index is 0.176. The van der Waals surface area contributed by atoms with Gasteiger partial charge in [0.25, 0.3) is 11.9 Å². The molecule has 0 aliphatic carbocycles. The number of tetrazole rings is 1. The average Bonchev–Trinajstić information content (AvgIpc) is 2.15. The number of rotatable bonds is 0. The lowest BCUT2D eigenvalue weighted by molar-refractivity contribution is -0.134. The number of carboxylic acid groups (broad SMARTS) is 1. The molecule has 10 heavy (non-hydrogen) atoms. The summed E-state index contributed by atoms with van der Waals surface area (Å²) in [4.78, 5) is 9.00. The fourth-order valence-corrected chi connectivity index (χ4v) is 0.170. The minimum Gasteiger partial charge on any atom is -0.481 e. The maximum atomic E-state index is 9.00. The maximum Gasteiger partial charge on any atom is 0.300 e. The van der Waals surface area contributed by atoms with Gasteiger partial charge in [-0.3, -0.25) is 4.79 Å². The van der Waals surface area contributed by atoms with E-state index in [9.17, 15) is 0 Å². The molecule has 0 aromatic carbocycles. The molecule has 1 rings (SSSR count). The number of hydrogen-bond donors (Lipinski definition) is 3. The Kier molecular flexibility index (Phi) is 3.54. The van der Waals surface area contributed by atoms with Crippen LogP contribution in [0.25, 0.3) is 0 Å². The first-order valence-corrected chi connectivity index (χ1v) is 2.31. The monoisotopic (exact) mass is 151 g/mol. The van der Waals surface area contributed by atoms with Gasteiger partial charge < -0.3 is 10.8 Å². The number of nitrogens with two attached hydrogens (primary N) is 1. The number of nitrogens with zero attached hydrogens (tertiary/aromatic N) is 3. The zero-order valence-electron chi connectivity index (χ0n) is 5.27. The fraction of sp³-hybridized carbons (Fsp3) is 0.333. The third-order valence-electron chi connectivity index (χ3n) is 0.362. The second-order valence-corrected chi connectivity index (χ2v) is 1.29. The number of anilines is 1. The number of H-pyrrole nitrogens is 1. The molecule has 1 aromatic rings. The normalized spacial score (nSPS) is 7.70. The molecule has 4 N–H and O–H groups in total. The van der Waals surface area contributed by atoms with Gasteiger partial charge in [0.05, 0.1) is 0 Å². The van der Waals surface area contributed by atoms with Crippen molar-refractivity contribution in [2.75, 3.05) is 5.73 Å². The second-order valence-electron chi connectivity index (χ2n) is 1.29. The topological polar surface area (TPSA) is 118 Å². The lowest BCUT2D eigenvalue weighted by atomic mass is 10.9. The Hall–Kier alpha value is -1.66. The first-order valence-electron chi connectivity index (χ1n) is 2.31. The molecule has 0 bridgehead atoms. The molecule has 7 heteroatoms. The van der Waals surface area contributed by atoms with Crippen LogP contribution in [-0.2, 0) is 4.79 Å². The highest BCUT2D eigenvalue weighted by Crippen LogP contribution is 1.72. The van der Waals surface area contributed by atoms with Gasteiger partial charge in [-0.25, -0.2) is 0 Å². The van der Waals surface area contributed by atoms with Gasteiger partial charge in [0.2, 0.25) is 0 Å². The summed E-state index contributed by atoms with van der Waals surface area (Å²) in [7, 11) is 0. The van der Waals surface area contributed by atoms with Crippen molar-refractivity contribution in [3.63, 3.8) is 0 Å². The summed E-state index contributed by atoms with van der Waals surface area (Å²) in [5.41, 5.74) is 4.96. The smallest absolute Gasteiger partial charge is 0.300 e. The molecule has 0 unspecified atom stereocenters. The summed E-state index contributed by atoms with van der Waals surface area (Å²) in [5.74, 6) is -0.657. The summed E-state index contributed by atoms with van der Waals surface area (Å²) in [6.07, 6.45) is 0. The average molecular weight is 151 g/mol. The molecule has 0 amide bonds. The molecule has 1 heterocycles. The van der Waals surface area contributed by atoms with Gasteiger partial charge in [-0.05, 0) is 5.21 Å². The third kappa shape index (κ3) is 6.34. The summed E-state index contributed by atoms with van der Waals surface area (Å²) < 4.78 is 0. The number of aromatic nitrogens is 4. The van der Waals surface area contributed by atoms with E-state index >= 15 is 0 Å². The van der Waals surface area contributed by atoms with Crippen LogP contribution in [0.15, 0.2) is 0 Å². The molecule has 0 fully saturated rings. The van der Waals surface area contributed by atoms with Gasteiger partial charge in [-0.1, -0.05) is 5.10 Å². The van der Waals surface area contributed by atoms with Crippen LogP contribution in [0.3, 0.4) is 0 Å². The van der Waals surface area contributed by atoms with E-state index in [1.807, 2.05) is 0 Å². The van der Waals surface area contributed by atoms with Crippen LogP contribution in [0.2, 0.25) is 0 Å². The van der Waals surface area contributed by atoms with Crippen LogP contribution in [-0.4, -0.2) is 31.7 Å². The molecule has 0 aliphatic rings. The Morgan fingerprint density at radius 3 is 2.40 bits per heavy atom. The predicted molar refractivity (Wildman–Crippen MR) is 31.9 cm³/mol. The molecule has 56 valence electrons. The van der Waals surface area contributed by atoms with Gasteiger partial charge in [0, 0.05) is 6.92 Å². The fourth-order valence-electron chi connectivity index (χ4n) is 0.170. The Labute approximate surface area is 56.2 Å². The van der Waals surface area contributed by atoms with Crippen molar-refractivity contribution in [2.24, 2.45) is 0 Å². The molecule has 0 saturated heterocycles. The highest BCUT2D eigenvalue weighted by Gasteiger charge is 1.78. The quantitative estimate of drug-likeness (QED) is 0.404. The number of carbonyl (C=O) groups is 1. The molecular weight excluding hydrogens is 144 g/mol. The van der Waals surface area contributed by atoms with E-state index in [0.29, 0.717) is 0 Å². The SMILES string of the molecule is CC(=O)O.[15NH2][13c]1[15n][15n][15nH][15n]1. The van der Waals surface area contributed by atoms with Gasteiger partial charge in [0.15, 0.2) is 0 Å². The van der Waals surface area contributed by atoms with Crippen LogP contribution in [0.5, 0.6) is 0 Å². The summed E-state index contributed by atoms with van der Waals surface area (Å²) in [6.45, 7) is 1.08. The largest absolute Gasteiger partial charge is 0.481 e. The van der Waals surface area contributed by atoms with E-state index in [0.717, 1.165) is 6.92 Å². The Balaban J connectivity index is 0.000000180. The summed E-state index contributed by atoms with van der Waals surface area (Å²) in [6, 6.07) is 0. The number of hydrogen-bond acceptors (Lipinski definition) is 5. The predicted octanol–water partition coefficient (Wildman–Crippen LogP) is -1.13. The minimum atomic E-state index is -0.833. The zero-order chi connectivity index (χ0) is 7.98. The van der Waals surface area contributed by atoms with Crippen LogP contribution in [0, 0.1) is 0 Å². The van der Waals surface area contributed by atoms with E-state index in [1.165, 1.54) is 0 Å². The first-order chi connectivity index (χ1) is 4.63. The van der Waals surface area contributed by atoms with E-state index in [-0.39, 0.29) is 5.95 Å². The van der Waals surface area contributed by atoms with Crippen molar-refractivity contribution >= 4 is 11.9 Å². The van der Waals surface area contributed by atoms with E-state index < -0.39 is 5.97 Å². The van der Waals surface area contributed by atoms with Gasteiger partial charge in [-0.2, -0.15) is 5.21 Å². The number of aliphatic carboxylic acids is 1. The zero-order valence-corrected chi connectivity index (χ0v) is 5.27. The van der Waals surface area contributed by atoms with Crippen molar-refractivity contribution in [1.82, 2.24) is 20.6 Å². The number of carboxylic acids is 1.